The first-order valence-corrected chi connectivity index (χ1v) is 10.0. The van der Waals surface area contributed by atoms with E-state index in [0.29, 0.717) is 18.0 Å². The molecule has 1 aromatic rings. The maximum atomic E-state index is 11.4. The van der Waals surface area contributed by atoms with E-state index in [1.54, 1.807) is 14.2 Å². The molecule has 1 amide bonds. The Bertz CT molecular complexity index is 625. The number of ether oxygens (including phenoxy) is 1. The van der Waals surface area contributed by atoms with Gasteiger partial charge in [-0.1, -0.05) is 38.2 Å². The number of carbonyl (C=O) groups is 1. The minimum absolute atomic E-state index is 0.117. The van der Waals surface area contributed by atoms with E-state index in [9.17, 15) is 4.79 Å². The third kappa shape index (κ3) is 7.49. The number of methoxy groups -OCH3 is 1. The molecule has 0 bridgehead atoms. The van der Waals surface area contributed by atoms with Gasteiger partial charge >= 0.3 is 0 Å². The van der Waals surface area contributed by atoms with Gasteiger partial charge in [-0.05, 0) is 36.5 Å². The number of anilines is 1. The smallest absolute Gasteiger partial charge is 0.221 e. The van der Waals surface area contributed by atoms with Gasteiger partial charge in [0.15, 0.2) is 5.96 Å². The van der Waals surface area contributed by atoms with Crippen LogP contribution in [0.5, 0.6) is 5.75 Å². The normalized spacial score (nSPS) is 15.3. The van der Waals surface area contributed by atoms with E-state index >= 15 is 0 Å². The van der Waals surface area contributed by atoms with Crippen molar-refractivity contribution < 1.29 is 9.53 Å². The minimum Gasteiger partial charge on any atom is -0.495 e. The first-order chi connectivity index (χ1) is 13.1. The van der Waals surface area contributed by atoms with Gasteiger partial charge in [0, 0.05) is 27.1 Å². The average molecular weight is 375 g/mol. The van der Waals surface area contributed by atoms with Crippen molar-refractivity contribution in [1.29, 1.82) is 0 Å². The third-order valence-corrected chi connectivity index (χ3v) is 5.06. The maximum absolute atomic E-state index is 11.4. The molecule has 1 aromatic carbocycles. The Hall–Kier alpha value is -2.24. The van der Waals surface area contributed by atoms with Crippen LogP contribution in [0.25, 0.3) is 0 Å². The van der Waals surface area contributed by atoms with Gasteiger partial charge in [-0.15, -0.1) is 0 Å². The number of benzene rings is 1. The van der Waals surface area contributed by atoms with Crippen molar-refractivity contribution in [2.45, 2.75) is 58.4 Å². The number of aliphatic imine (C=N–C) groups is 1. The molecule has 0 heterocycles. The van der Waals surface area contributed by atoms with Gasteiger partial charge in [-0.25, -0.2) is 0 Å². The van der Waals surface area contributed by atoms with Crippen molar-refractivity contribution in [1.82, 2.24) is 10.6 Å². The van der Waals surface area contributed by atoms with Crippen molar-refractivity contribution in [3.05, 3.63) is 23.8 Å². The van der Waals surface area contributed by atoms with Crippen LogP contribution < -0.4 is 20.7 Å². The molecule has 0 radical (unpaired) electrons. The van der Waals surface area contributed by atoms with Crippen LogP contribution in [0, 0.1) is 5.92 Å². The van der Waals surface area contributed by atoms with Crippen molar-refractivity contribution in [3.8, 4) is 5.75 Å². The molecule has 0 unspecified atom stereocenters. The molecule has 0 aromatic heterocycles. The lowest BCUT2D eigenvalue weighted by atomic mass is 9.86. The Morgan fingerprint density at radius 2 is 2.00 bits per heavy atom. The highest BCUT2D eigenvalue weighted by atomic mass is 16.5. The molecule has 27 heavy (non-hydrogen) atoms. The molecule has 1 aliphatic rings. The Balaban J connectivity index is 1.76. The summed E-state index contributed by atoms with van der Waals surface area (Å²) in [6, 6.07) is 5.76. The molecule has 3 N–H and O–H groups in total. The van der Waals surface area contributed by atoms with E-state index in [-0.39, 0.29) is 5.91 Å². The molecule has 0 spiro atoms. The van der Waals surface area contributed by atoms with Crippen molar-refractivity contribution in [2.24, 2.45) is 10.9 Å². The van der Waals surface area contributed by atoms with Crippen LogP contribution in [0.15, 0.2) is 23.2 Å². The number of amides is 1. The SMILES string of the molecule is CN=C(NCCCC1CCCCC1)NCc1ccc(OC)c(NC(C)=O)c1. The van der Waals surface area contributed by atoms with Gasteiger partial charge in [-0.3, -0.25) is 9.79 Å². The predicted octanol–water partition coefficient (Wildman–Crippen LogP) is 3.68. The molecule has 0 aliphatic heterocycles. The largest absolute Gasteiger partial charge is 0.495 e. The Morgan fingerprint density at radius 3 is 2.67 bits per heavy atom. The highest BCUT2D eigenvalue weighted by Crippen LogP contribution is 2.27. The van der Waals surface area contributed by atoms with E-state index in [2.05, 4.69) is 20.9 Å². The lowest BCUT2D eigenvalue weighted by molar-refractivity contribution is -0.114. The highest BCUT2D eigenvalue weighted by Gasteiger charge is 2.12. The van der Waals surface area contributed by atoms with Gasteiger partial charge in [0.2, 0.25) is 5.91 Å². The summed E-state index contributed by atoms with van der Waals surface area (Å²) in [4.78, 5) is 15.6. The summed E-state index contributed by atoms with van der Waals surface area (Å²) in [5.74, 6) is 2.26. The first-order valence-electron chi connectivity index (χ1n) is 10.0. The summed E-state index contributed by atoms with van der Waals surface area (Å²) < 4.78 is 5.29. The van der Waals surface area contributed by atoms with Crippen molar-refractivity contribution in [2.75, 3.05) is 26.0 Å². The highest BCUT2D eigenvalue weighted by molar-refractivity contribution is 5.90. The van der Waals surface area contributed by atoms with Crippen LogP contribution in [0.1, 0.15) is 57.4 Å². The van der Waals surface area contributed by atoms with E-state index in [0.717, 1.165) is 24.0 Å². The molecule has 6 nitrogen and oxygen atoms in total. The third-order valence-electron chi connectivity index (χ3n) is 5.06. The van der Waals surface area contributed by atoms with Gasteiger partial charge in [0.1, 0.15) is 5.75 Å². The van der Waals surface area contributed by atoms with Gasteiger partial charge < -0.3 is 20.7 Å². The zero-order valence-electron chi connectivity index (χ0n) is 16.9. The standard InChI is InChI=1S/C21H34N4O2/c1-16(26)25-19-14-18(11-12-20(19)27-3)15-24-21(22-2)23-13-7-10-17-8-5-4-6-9-17/h11-12,14,17H,4-10,13,15H2,1-3H3,(H,25,26)(H2,22,23,24). The van der Waals surface area contributed by atoms with Crippen LogP contribution in [-0.2, 0) is 11.3 Å². The number of nitrogens with zero attached hydrogens (tertiary/aromatic N) is 1. The fourth-order valence-electron chi connectivity index (χ4n) is 3.63. The number of rotatable bonds is 8. The van der Waals surface area contributed by atoms with Gasteiger partial charge in [-0.2, -0.15) is 0 Å². The fourth-order valence-corrected chi connectivity index (χ4v) is 3.63. The molecule has 6 heteroatoms. The molecular weight excluding hydrogens is 340 g/mol. The van der Waals surface area contributed by atoms with Crippen LogP contribution in [0.2, 0.25) is 0 Å². The molecule has 2 rings (SSSR count). The number of carbonyl (C=O) groups excluding carboxylic acids is 1. The van der Waals surface area contributed by atoms with Gasteiger partial charge in [0.25, 0.3) is 0 Å². The lowest BCUT2D eigenvalue weighted by Gasteiger charge is -2.21. The topological polar surface area (TPSA) is 74.8 Å². The number of hydrogen-bond acceptors (Lipinski definition) is 3. The molecule has 1 aliphatic carbocycles. The Morgan fingerprint density at radius 1 is 1.22 bits per heavy atom. The van der Waals surface area contributed by atoms with E-state index in [4.69, 9.17) is 4.74 Å². The Labute approximate surface area is 163 Å². The van der Waals surface area contributed by atoms with E-state index < -0.39 is 0 Å². The lowest BCUT2D eigenvalue weighted by Crippen LogP contribution is -2.37. The summed E-state index contributed by atoms with van der Waals surface area (Å²) in [6.07, 6.45) is 9.53. The number of nitrogens with one attached hydrogen (secondary N) is 3. The zero-order valence-corrected chi connectivity index (χ0v) is 16.9. The molecule has 0 saturated heterocycles. The van der Waals surface area contributed by atoms with Crippen molar-refractivity contribution in [3.63, 3.8) is 0 Å². The summed E-state index contributed by atoms with van der Waals surface area (Å²) in [5, 5.41) is 9.52. The van der Waals surface area contributed by atoms with Crippen LogP contribution >= 0.6 is 0 Å². The second-order valence-corrected chi connectivity index (χ2v) is 7.21. The Kier molecular flexibility index (Phi) is 8.95. The fraction of sp³-hybridized carbons (Fsp3) is 0.619. The van der Waals surface area contributed by atoms with Gasteiger partial charge in [0.05, 0.1) is 12.8 Å². The molecule has 1 saturated carbocycles. The van der Waals surface area contributed by atoms with Crippen LogP contribution in [0.4, 0.5) is 5.69 Å². The van der Waals surface area contributed by atoms with Crippen LogP contribution in [0.3, 0.4) is 0 Å². The number of guanidine groups is 1. The number of hydrogen-bond donors (Lipinski definition) is 3. The zero-order chi connectivity index (χ0) is 19.5. The van der Waals surface area contributed by atoms with Crippen LogP contribution in [-0.4, -0.2) is 32.6 Å². The minimum atomic E-state index is -0.117. The maximum Gasteiger partial charge on any atom is 0.221 e. The second-order valence-electron chi connectivity index (χ2n) is 7.21. The summed E-state index contributed by atoms with van der Waals surface area (Å²) >= 11 is 0. The first kappa shape index (κ1) is 21.1. The molecule has 0 atom stereocenters. The summed E-state index contributed by atoms with van der Waals surface area (Å²) in [7, 11) is 3.38. The quantitative estimate of drug-likeness (QED) is 0.369. The molecule has 1 fully saturated rings. The summed E-state index contributed by atoms with van der Waals surface area (Å²) in [5.41, 5.74) is 1.73. The molecular formula is C21H34N4O2. The second kappa shape index (κ2) is 11.5. The average Bonchev–Trinajstić information content (AvgIpc) is 2.68. The van der Waals surface area contributed by atoms with Crippen molar-refractivity contribution >= 4 is 17.6 Å². The molecule has 150 valence electrons. The van der Waals surface area contributed by atoms with E-state index in [1.165, 1.54) is 51.9 Å². The summed E-state index contributed by atoms with van der Waals surface area (Å²) in [6.45, 7) is 3.05. The monoisotopic (exact) mass is 374 g/mol. The van der Waals surface area contributed by atoms with E-state index in [1.807, 2.05) is 18.2 Å². The predicted molar refractivity (Wildman–Crippen MR) is 111 cm³/mol.